The molecule has 30 heavy (non-hydrogen) atoms. The minimum atomic E-state index is -1.39. The number of aryl methyl sites for hydroxylation is 1. The van der Waals surface area contributed by atoms with Gasteiger partial charge in [-0.25, -0.2) is 9.18 Å². The molecule has 1 fully saturated rings. The molecule has 2 heterocycles. The first-order valence-corrected chi connectivity index (χ1v) is 11.4. The number of rotatable bonds is 4. The fourth-order valence-electron chi connectivity index (χ4n) is 4.98. The number of aromatic amines is 1. The first-order valence-electron chi connectivity index (χ1n) is 10.5. The lowest BCUT2D eigenvalue weighted by molar-refractivity contribution is 0.287. The molecule has 0 aromatic carbocycles. The van der Waals surface area contributed by atoms with Gasteiger partial charge in [0.05, 0.1) is 23.6 Å². The van der Waals surface area contributed by atoms with E-state index in [4.69, 9.17) is 10.5 Å². The predicted molar refractivity (Wildman–Crippen MR) is 115 cm³/mol. The minimum absolute atomic E-state index is 0.0275. The van der Waals surface area contributed by atoms with Gasteiger partial charge in [0, 0.05) is 15.8 Å². The number of hydrogen-bond acceptors (Lipinski definition) is 5. The van der Waals surface area contributed by atoms with Crippen LogP contribution in [0.1, 0.15) is 53.5 Å². The Hall–Kier alpha value is -2.19. The molecule has 0 saturated heterocycles. The number of nitrogens with one attached hydrogen (secondary N) is 1. The van der Waals surface area contributed by atoms with E-state index in [0.717, 1.165) is 37.0 Å². The lowest BCUT2D eigenvalue weighted by Gasteiger charge is -2.27. The van der Waals surface area contributed by atoms with Crippen LogP contribution in [-0.2, 0) is 17.6 Å². The number of hydrogen-bond donors (Lipinski definition) is 2. The Morgan fingerprint density at radius 2 is 2.10 bits per heavy atom. The van der Waals surface area contributed by atoms with E-state index in [0.29, 0.717) is 29.1 Å². The molecule has 2 aromatic heterocycles. The zero-order chi connectivity index (χ0) is 21.2. The third-order valence-electron chi connectivity index (χ3n) is 6.74. The number of aromatic nitrogens is 2. The fraction of sp³-hybridized carbons (Fsp3) is 0.545. The average molecular weight is 432 g/mol. The van der Waals surface area contributed by atoms with Crippen molar-refractivity contribution in [1.82, 2.24) is 9.55 Å². The molecule has 2 aromatic rings. The Kier molecular flexibility index (Phi) is 4.74. The highest BCUT2D eigenvalue weighted by molar-refractivity contribution is 7.12. The van der Waals surface area contributed by atoms with E-state index in [1.54, 1.807) is 22.8 Å². The van der Waals surface area contributed by atoms with E-state index in [-0.39, 0.29) is 11.3 Å². The number of alkyl halides is 1. The van der Waals surface area contributed by atoms with Crippen molar-refractivity contribution in [2.24, 2.45) is 11.7 Å². The standard InChI is InChI=1S/C22H26FN3O3S/c1-10-16-19(26(13-4-5-13)22(28)25-21(16)27)20(29-2)17(18(10)23)15-8-12-7-11(9-24)3-6-14(12)30-15/h8,11,13,17-18H,3-7,9,24H2,1-2H3,(H,25,27,28). The first-order chi connectivity index (χ1) is 14.4. The summed E-state index contributed by atoms with van der Waals surface area (Å²) in [6, 6.07) is 2.11. The molecule has 5 rings (SSSR count). The van der Waals surface area contributed by atoms with Crippen molar-refractivity contribution in [2.75, 3.05) is 13.7 Å². The summed E-state index contributed by atoms with van der Waals surface area (Å²) >= 11 is 1.62. The van der Waals surface area contributed by atoms with Crippen molar-refractivity contribution < 1.29 is 9.13 Å². The van der Waals surface area contributed by atoms with Gasteiger partial charge in [-0.05, 0) is 68.7 Å². The van der Waals surface area contributed by atoms with E-state index < -0.39 is 23.3 Å². The summed E-state index contributed by atoms with van der Waals surface area (Å²) in [5, 5.41) is 0.697. The van der Waals surface area contributed by atoms with Gasteiger partial charge in [0.15, 0.2) is 0 Å². The number of H-pyrrole nitrogens is 1. The van der Waals surface area contributed by atoms with E-state index >= 15 is 4.39 Å². The van der Waals surface area contributed by atoms with Crippen LogP contribution in [0.25, 0.3) is 11.3 Å². The Labute approximate surface area is 176 Å². The number of nitrogens with two attached hydrogens (primary N) is 1. The Bertz CT molecular complexity index is 1250. The maximum absolute atomic E-state index is 15.8. The molecule has 3 unspecified atom stereocenters. The second-order valence-corrected chi connectivity index (χ2v) is 9.82. The summed E-state index contributed by atoms with van der Waals surface area (Å²) in [5.41, 5.74) is 6.49. The van der Waals surface area contributed by atoms with E-state index in [1.807, 2.05) is 0 Å². The molecule has 0 radical (unpaired) electrons. The highest BCUT2D eigenvalue weighted by atomic mass is 32.1. The van der Waals surface area contributed by atoms with E-state index in [1.165, 1.54) is 17.6 Å². The molecule has 0 spiro atoms. The normalized spacial score (nSPS) is 25.8. The molecule has 3 aliphatic carbocycles. The maximum atomic E-state index is 15.8. The highest BCUT2D eigenvalue weighted by Gasteiger charge is 2.39. The molecule has 8 heteroatoms. The molecular weight excluding hydrogens is 405 g/mol. The molecule has 0 aliphatic heterocycles. The second-order valence-electron chi connectivity index (χ2n) is 8.66. The van der Waals surface area contributed by atoms with Crippen LogP contribution in [0.4, 0.5) is 4.39 Å². The molecule has 0 bridgehead atoms. The van der Waals surface area contributed by atoms with Gasteiger partial charge in [-0.15, -0.1) is 11.3 Å². The van der Waals surface area contributed by atoms with Crippen molar-refractivity contribution in [3.05, 3.63) is 52.8 Å². The van der Waals surface area contributed by atoms with Crippen LogP contribution in [0.3, 0.4) is 0 Å². The zero-order valence-corrected chi connectivity index (χ0v) is 18.0. The third kappa shape index (κ3) is 2.92. The summed E-state index contributed by atoms with van der Waals surface area (Å²) in [5.74, 6) is 0.193. The van der Waals surface area contributed by atoms with Crippen LogP contribution in [0, 0.1) is 5.92 Å². The number of ether oxygens (including phenoxy) is 1. The van der Waals surface area contributed by atoms with Crippen LogP contribution in [-0.4, -0.2) is 29.4 Å². The van der Waals surface area contributed by atoms with Gasteiger partial charge in [0.2, 0.25) is 0 Å². The van der Waals surface area contributed by atoms with Gasteiger partial charge in [-0.3, -0.25) is 14.3 Å². The summed E-state index contributed by atoms with van der Waals surface area (Å²) in [6.07, 6.45) is 3.28. The van der Waals surface area contributed by atoms with Crippen molar-refractivity contribution >= 4 is 22.7 Å². The van der Waals surface area contributed by atoms with Crippen LogP contribution < -0.4 is 27.6 Å². The van der Waals surface area contributed by atoms with E-state index in [9.17, 15) is 9.59 Å². The first kappa shape index (κ1) is 19.8. The monoisotopic (exact) mass is 431 g/mol. The third-order valence-corrected chi connectivity index (χ3v) is 8.06. The lowest BCUT2D eigenvalue weighted by Crippen LogP contribution is -2.58. The average Bonchev–Trinajstić information content (AvgIpc) is 3.47. The van der Waals surface area contributed by atoms with E-state index in [2.05, 4.69) is 11.1 Å². The van der Waals surface area contributed by atoms with Crippen molar-refractivity contribution in [1.29, 1.82) is 0 Å². The molecule has 6 nitrogen and oxygen atoms in total. The van der Waals surface area contributed by atoms with Gasteiger partial charge in [-0.1, -0.05) is 0 Å². The van der Waals surface area contributed by atoms with Gasteiger partial charge in [0.25, 0.3) is 5.56 Å². The van der Waals surface area contributed by atoms with Crippen LogP contribution in [0.2, 0.25) is 0 Å². The lowest BCUT2D eigenvalue weighted by atomic mass is 9.86. The van der Waals surface area contributed by atoms with Gasteiger partial charge >= 0.3 is 5.69 Å². The SMILES string of the molecule is COC1=c2c(c(=O)[nH]c(=O)n2C2CC2)=C(C)C(F)C1c1cc2c(s1)CCC(CN)C2. The number of halogens is 1. The predicted octanol–water partition coefficient (Wildman–Crippen LogP) is 1.06. The topological polar surface area (TPSA) is 90.1 Å². The Morgan fingerprint density at radius 3 is 2.77 bits per heavy atom. The smallest absolute Gasteiger partial charge is 0.329 e. The zero-order valence-electron chi connectivity index (χ0n) is 17.2. The van der Waals surface area contributed by atoms with Gasteiger partial charge < -0.3 is 10.5 Å². The van der Waals surface area contributed by atoms with Crippen molar-refractivity contribution in [3.8, 4) is 0 Å². The van der Waals surface area contributed by atoms with Gasteiger partial charge in [-0.2, -0.15) is 0 Å². The number of fused-ring (bicyclic) bond motifs is 2. The highest BCUT2D eigenvalue weighted by Crippen LogP contribution is 2.43. The Morgan fingerprint density at radius 1 is 1.33 bits per heavy atom. The number of methoxy groups -OCH3 is 1. The summed E-state index contributed by atoms with van der Waals surface area (Å²) in [4.78, 5) is 29.8. The molecule has 160 valence electrons. The maximum Gasteiger partial charge on any atom is 0.329 e. The fourth-order valence-corrected chi connectivity index (χ4v) is 6.31. The minimum Gasteiger partial charge on any atom is -0.498 e. The van der Waals surface area contributed by atoms with Crippen LogP contribution >= 0.6 is 11.3 Å². The molecular formula is C22H26FN3O3S. The van der Waals surface area contributed by atoms with Crippen molar-refractivity contribution in [2.45, 2.75) is 57.2 Å². The summed E-state index contributed by atoms with van der Waals surface area (Å²) in [6.45, 7) is 2.31. The quantitative estimate of drug-likeness (QED) is 0.758. The van der Waals surface area contributed by atoms with Crippen LogP contribution in [0.15, 0.2) is 15.7 Å². The number of nitrogens with zero attached hydrogens (tertiary/aromatic N) is 1. The molecule has 3 atom stereocenters. The summed E-state index contributed by atoms with van der Waals surface area (Å²) in [7, 11) is 1.50. The Balaban J connectivity index is 1.77. The van der Waals surface area contributed by atoms with Crippen molar-refractivity contribution in [3.63, 3.8) is 0 Å². The molecule has 3 N–H and O–H groups in total. The molecule has 1 saturated carbocycles. The summed E-state index contributed by atoms with van der Waals surface area (Å²) < 4.78 is 23.1. The second kappa shape index (κ2) is 7.20. The molecule has 0 amide bonds. The number of thiophene rings is 1. The largest absolute Gasteiger partial charge is 0.498 e. The van der Waals surface area contributed by atoms with Crippen LogP contribution in [0.5, 0.6) is 0 Å². The van der Waals surface area contributed by atoms with Gasteiger partial charge in [0.1, 0.15) is 11.9 Å². The molecule has 3 aliphatic rings.